The van der Waals surface area contributed by atoms with E-state index in [-0.39, 0.29) is 5.91 Å². The van der Waals surface area contributed by atoms with E-state index in [1.807, 2.05) is 0 Å². The van der Waals surface area contributed by atoms with Crippen LogP contribution >= 0.6 is 0 Å². The number of likely N-dealkylation sites (tertiary alicyclic amines) is 1. The minimum Gasteiger partial charge on any atom is -0.332 e. The van der Waals surface area contributed by atoms with Crippen molar-refractivity contribution < 1.29 is 4.79 Å². The van der Waals surface area contributed by atoms with Gasteiger partial charge in [-0.2, -0.15) is 0 Å². The molecule has 2 heteroatoms. The zero-order valence-electron chi connectivity index (χ0n) is 8.47. The summed E-state index contributed by atoms with van der Waals surface area (Å²) in [5.41, 5.74) is 0.291. The van der Waals surface area contributed by atoms with Crippen molar-refractivity contribution in [2.24, 2.45) is 5.41 Å². The molecule has 0 atom stereocenters. The van der Waals surface area contributed by atoms with E-state index < -0.39 is 0 Å². The Morgan fingerprint density at radius 1 is 1.54 bits per heavy atom. The Hall–Kier alpha value is -0.970. The second-order valence-electron chi connectivity index (χ2n) is 4.43. The predicted molar refractivity (Wildman–Crippen MR) is 53.0 cm³/mol. The Bertz CT molecular complexity index is 237. The van der Waals surface area contributed by atoms with Crippen molar-refractivity contribution in [3.8, 4) is 12.3 Å². The van der Waals surface area contributed by atoms with Gasteiger partial charge in [0.15, 0.2) is 0 Å². The van der Waals surface area contributed by atoms with Gasteiger partial charge in [0.25, 0.3) is 0 Å². The van der Waals surface area contributed by atoms with Gasteiger partial charge in [0.1, 0.15) is 0 Å². The Morgan fingerprint density at radius 3 is 2.85 bits per heavy atom. The molecule has 13 heavy (non-hydrogen) atoms. The van der Waals surface area contributed by atoms with Crippen LogP contribution in [0, 0.1) is 17.8 Å². The van der Waals surface area contributed by atoms with Crippen molar-refractivity contribution in [1.82, 2.24) is 4.90 Å². The van der Waals surface area contributed by atoms with Gasteiger partial charge in [0, 0.05) is 13.0 Å². The molecule has 1 heterocycles. The summed E-state index contributed by atoms with van der Waals surface area (Å²) in [4.78, 5) is 13.3. The molecule has 0 radical (unpaired) electrons. The first-order valence-electron chi connectivity index (χ1n) is 4.76. The molecule has 0 aromatic carbocycles. The molecule has 1 rings (SSSR count). The van der Waals surface area contributed by atoms with Crippen molar-refractivity contribution in [3.05, 3.63) is 0 Å². The summed E-state index contributed by atoms with van der Waals surface area (Å²) in [6.07, 6.45) is 7.88. The lowest BCUT2D eigenvalue weighted by molar-refractivity contribution is -0.130. The molecule has 0 spiro atoms. The Balaban J connectivity index is 2.61. The van der Waals surface area contributed by atoms with Crippen molar-refractivity contribution >= 4 is 5.91 Å². The fourth-order valence-electron chi connectivity index (χ4n) is 1.57. The van der Waals surface area contributed by atoms with E-state index in [4.69, 9.17) is 6.42 Å². The number of hydrogen-bond acceptors (Lipinski definition) is 1. The van der Waals surface area contributed by atoms with Crippen LogP contribution < -0.4 is 0 Å². The number of amides is 1. The molecule has 0 N–H and O–H groups in total. The summed E-state index contributed by atoms with van der Waals surface area (Å²) in [6.45, 7) is 5.70. The van der Waals surface area contributed by atoms with Crippen LogP contribution in [0.5, 0.6) is 0 Å². The summed E-state index contributed by atoms with van der Waals surface area (Å²) < 4.78 is 0. The molecule has 1 aliphatic heterocycles. The molecule has 0 aromatic rings. The highest BCUT2D eigenvalue weighted by Crippen LogP contribution is 2.29. The SMILES string of the molecule is C#CCN1CCC(C)(C)CCC1=O. The Morgan fingerprint density at radius 2 is 2.23 bits per heavy atom. The molecular weight excluding hydrogens is 162 g/mol. The lowest BCUT2D eigenvalue weighted by Crippen LogP contribution is -2.30. The topological polar surface area (TPSA) is 20.3 Å². The lowest BCUT2D eigenvalue weighted by Gasteiger charge is -2.22. The van der Waals surface area contributed by atoms with E-state index in [9.17, 15) is 4.79 Å². The summed E-state index contributed by atoms with van der Waals surface area (Å²) in [6, 6.07) is 0. The van der Waals surface area contributed by atoms with Crippen LogP contribution in [0.3, 0.4) is 0 Å². The molecule has 1 aliphatic rings. The molecular formula is C11H17NO. The highest BCUT2D eigenvalue weighted by atomic mass is 16.2. The minimum atomic E-state index is 0.212. The lowest BCUT2D eigenvalue weighted by atomic mass is 9.85. The second kappa shape index (κ2) is 3.83. The van der Waals surface area contributed by atoms with Crippen molar-refractivity contribution in [1.29, 1.82) is 0 Å². The van der Waals surface area contributed by atoms with E-state index in [1.165, 1.54) is 0 Å². The van der Waals surface area contributed by atoms with Crippen molar-refractivity contribution in [2.75, 3.05) is 13.1 Å². The van der Waals surface area contributed by atoms with Gasteiger partial charge < -0.3 is 4.90 Å². The van der Waals surface area contributed by atoms with Gasteiger partial charge in [0.2, 0.25) is 5.91 Å². The molecule has 0 aliphatic carbocycles. The Kier molecular flexibility index (Phi) is 2.98. The Labute approximate surface area is 80.3 Å². The highest BCUT2D eigenvalue weighted by Gasteiger charge is 2.26. The van der Waals surface area contributed by atoms with Crippen LogP contribution in [0.2, 0.25) is 0 Å². The van der Waals surface area contributed by atoms with Gasteiger partial charge in [-0.3, -0.25) is 4.79 Å². The average molecular weight is 179 g/mol. The van der Waals surface area contributed by atoms with Crippen LogP contribution in [0.4, 0.5) is 0 Å². The van der Waals surface area contributed by atoms with Crippen molar-refractivity contribution in [3.63, 3.8) is 0 Å². The third-order valence-electron chi connectivity index (χ3n) is 2.71. The zero-order chi connectivity index (χ0) is 9.90. The standard InChI is InChI=1S/C11H17NO/c1-4-8-12-9-7-11(2,3)6-5-10(12)13/h1H,5-9H2,2-3H3. The molecule has 0 aromatic heterocycles. The normalized spacial score (nSPS) is 22.2. The van der Waals surface area contributed by atoms with Crippen LogP contribution in [0.1, 0.15) is 33.1 Å². The third-order valence-corrected chi connectivity index (χ3v) is 2.71. The first-order valence-corrected chi connectivity index (χ1v) is 4.76. The van der Waals surface area contributed by atoms with Gasteiger partial charge in [-0.15, -0.1) is 6.42 Å². The molecule has 1 saturated heterocycles. The molecule has 1 fully saturated rings. The molecule has 0 unspecified atom stereocenters. The summed E-state index contributed by atoms with van der Waals surface area (Å²) >= 11 is 0. The van der Waals surface area contributed by atoms with E-state index in [0.717, 1.165) is 19.4 Å². The largest absolute Gasteiger partial charge is 0.332 e. The number of rotatable bonds is 1. The third kappa shape index (κ3) is 2.77. The highest BCUT2D eigenvalue weighted by molar-refractivity contribution is 5.76. The minimum absolute atomic E-state index is 0.212. The second-order valence-corrected chi connectivity index (χ2v) is 4.43. The van der Waals surface area contributed by atoms with Crippen molar-refractivity contribution in [2.45, 2.75) is 33.1 Å². The summed E-state index contributed by atoms with van der Waals surface area (Å²) in [5, 5.41) is 0. The maximum absolute atomic E-state index is 11.5. The quantitative estimate of drug-likeness (QED) is 0.561. The molecule has 0 saturated carbocycles. The van der Waals surface area contributed by atoms with Gasteiger partial charge in [0.05, 0.1) is 6.54 Å². The fraction of sp³-hybridized carbons (Fsp3) is 0.727. The first-order chi connectivity index (χ1) is 6.05. The number of terminal acetylenes is 1. The van der Waals surface area contributed by atoms with Gasteiger partial charge in [-0.25, -0.2) is 0 Å². The maximum Gasteiger partial charge on any atom is 0.223 e. The maximum atomic E-state index is 11.5. The van der Waals surface area contributed by atoms with E-state index >= 15 is 0 Å². The fourth-order valence-corrected chi connectivity index (χ4v) is 1.57. The zero-order valence-corrected chi connectivity index (χ0v) is 8.47. The summed E-state index contributed by atoms with van der Waals surface area (Å²) in [5.74, 6) is 2.74. The summed E-state index contributed by atoms with van der Waals surface area (Å²) in [7, 11) is 0. The van der Waals surface area contributed by atoms with Gasteiger partial charge in [-0.1, -0.05) is 19.8 Å². The molecule has 72 valence electrons. The molecule has 1 amide bonds. The molecule has 0 bridgehead atoms. The first kappa shape index (κ1) is 10.1. The smallest absolute Gasteiger partial charge is 0.223 e. The van der Waals surface area contributed by atoms with Gasteiger partial charge >= 0.3 is 0 Å². The van der Waals surface area contributed by atoms with Crippen LogP contribution in [0.25, 0.3) is 0 Å². The monoisotopic (exact) mass is 179 g/mol. The number of nitrogens with zero attached hydrogens (tertiary/aromatic N) is 1. The number of carbonyl (C=O) groups excluding carboxylic acids is 1. The van der Waals surface area contributed by atoms with E-state index in [1.54, 1.807) is 4.90 Å². The molecule has 2 nitrogen and oxygen atoms in total. The predicted octanol–water partition coefficient (Wildman–Crippen LogP) is 1.66. The average Bonchev–Trinajstić information content (AvgIpc) is 2.18. The van der Waals surface area contributed by atoms with Crippen LogP contribution in [-0.2, 0) is 4.79 Å². The van der Waals surface area contributed by atoms with E-state index in [0.29, 0.717) is 18.4 Å². The van der Waals surface area contributed by atoms with E-state index in [2.05, 4.69) is 19.8 Å². The van der Waals surface area contributed by atoms with Crippen LogP contribution in [-0.4, -0.2) is 23.9 Å². The van der Waals surface area contributed by atoms with Crippen LogP contribution in [0.15, 0.2) is 0 Å². The number of carbonyl (C=O) groups is 1. The van der Waals surface area contributed by atoms with Gasteiger partial charge in [-0.05, 0) is 18.3 Å². The number of hydrogen-bond donors (Lipinski definition) is 0.